The Morgan fingerprint density at radius 3 is 2.52 bits per heavy atom. The number of benzene rings is 1. The van der Waals surface area contributed by atoms with Gasteiger partial charge in [0.1, 0.15) is 11.6 Å². The van der Waals surface area contributed by atoms with Gasteiger partial charge in [-0.25, -0.2) is 4.79 Å². The molecule has 1 amide bonds. The number of aryl methyl sites for hydroxylation is 1. The van der Waals surface area contributed by atoms with Crippen LogP contribution in [0, 0.1) is 12.8 Å². The standard InChI is InChI=1S/C15H16BrNO4/c1-7(2)12(15(19)20)17-14(18)11-6-9-4-8(3)5-10(16)13(9)21-11/h4-7,12H,1-3H3,(H,17,18)(H,19,20)/t12-/m0/s1. The summed E-state index contributed by atoms with van der Waals surface area (Å²) in [7, 11) is 0. The fourth-order valence-electron chi connectivity index (χ4n) is 2.09. The molecule has 1 atom stereocenters. The van der Waals surface area contributed by atoms with Gasteiger partial charge >= 0.3 is 5.97 Å². The van der Waals surface area contributed by atoms with E-state index in [0.717, 1.165) is 15.4 Å². The minimum absolute atomic E-state index is 0.100. The van der Waals surface area contributed by atoms with Crippen LogP contribution in [0.3, 0.4) is 0 Å². The Balaban J connectivity index is 2.31. The summed E-state index contributed by atoms with van der Waals surface area (Å²) in [6.45, 7) is 5.41. The van der Waals surface area contributed by atoms with E-state index < -0.39 is 17.9 Å². The lowest BCUT2D eigenvalue weighted by Gasteiger charge is -2.16. The smallest absolute Gasteiger partial charge is 0.326 e. The molecule has 2 N–H and O–H groups in total. The van der Waals surface area contributed by atoms with Gasteiger partial charge in [0.25, 0.3) is 5.91 Å². The van der Waals surface area contributed by atoms with Crippen molar-refractivity contribution in [1.82, 2.24) is 5.32 Å². The largest absolute Gasteiger partial charge is 0.480 e. The van der Waals surface area contributed by atoms with Crippen LogP contribution in [0.15, 0.2) is 27.1 Å². The molecule has 0 aliphatic heterocycles. The number of aliphatic carboxylic acids is 1. The maximum absolute atomic E-state index is 12.1. The molecule has 2 aromatic rings. The summed E-state index contributed by atoms with van der Waals surface area (Å²) in [6, 6.07) is 4.46. The number of hydrogen-bond donors (Lipinski definition) is 2. The Morgan fingerprint density at radius 2 is 1.95 bits per heavy atom. The summed E-state index contributed by atoms with van der Waals surface area (Å²) in [5.74, 6) is -1.71. The van der Waals surface area contributed by atoms with Crippen molar-refractivity contribution in [3.63, 3.8) is 0 Å². The molecule has 1 aromatic heterocycles. The van der Waals surface area contributed by atoms with Crippen molar-refractivity contribution in [1.29, 1.82) is 0 Å². The van der Waals surface area contributed by atoms with Crippen molar-refractivity contribution in [2.75, 3.05) is 0 Å². The van der Waals surface area contributed by atoms with Crippen LogP contribution in [0.2, 0.25) is 0 Å². The second kappa shape index (κ2) is 5.89. The number of carboxylic acids is 1. The fraction of sp³-hybridized carbons (Fsp3) is 0.333. The molecular weight excluding hydrogens is 338 g/mol. The molecule has 0 fully saturated rings. The Kier molecular flexibility index (Phi) is 4.37. The van der Waals surface area contributed by atoms with Crippen molar-refractivity contribution >= 4 is 38.8 Å². The summed E-state index contributed by atoms with van der Waals surface area (Å²) in [4.78, 5) is 23.3. The van der Waals surface area contributed by atoms with Crippen LogP contribution in [0.1, 0.15) is 30.0 Å². The van der Waals surface area contributed by atoms with Crippen molar-refractivity contribution in [2.24, 2.45) is 5.92 Å². The van der Waals surface area contributed by atoms with Crippen molar-refractivity contribution in [2.45, 2.75) is 26.8 Å². The molecule has 0 aliphatic rings. The molecule has 21 heavy (non-hydrogen) atoms. The highest BCUT2D eigenvalue weighted by atomic mass is 79.9. The number of halogens is 1. The van der Waals surface area contributed by atoms with E-state index in [1.807, 2.05) is 19.1 Å². The molecule has 112 valence electrons. The van der Waals surface area contributed by atoms with Crippen LogP contribution in [-0.2, 0) is 4.79 Å². The second-order valence-corrected chi connectivity index (χ2v) is 6.16. The first kappa shape index (κ1) is 15.6. The van der Waals surface area contributed by atoms with Gasteiger partial charge in [-0.2, -0.15) is 0 Å². The van der Waals surface area contributed by atoms with E-state index in [2.05, 4.69) is 21.2 Å². The van der Waals surface area contributed by atoms with E-state index in [1.54, 1.807) is 19.9 Å². The number of rotatable bonds is 4. The van der Waals surface area contributed by atoms with Gasteiger partial charge in [0.05, 0.1) is 4.47 Å². The van der Waals surface area contributed by atoms with E-state index in [-0.39, 0.29) is 11.7 Å². The number of hydrogen-bond acceptors (Lipinski definition) is 3. The quantitative estimate of drug-likeness (QED) is 0.883. The predicted octanol–water partition coefficient (Wildman–Crippen LogP) is 3.34. The SMILES string of the molecule is Cc1cc(Br)c2oc(C(=O)N[C@H](C(=O)O)C(C)C)cc2c1. The highest BCUT2D eigenvalue weighted by Crippen LogP contribution is 2.28. The first-order valence-corrected chi connectivity index (χ1v) is 7.32. The molecule has 0 saturated carbocycles. The molecule has 0 saturated heterocycles. The summed E-state index contributed by atoms with van der Waals surface area (Å²) in [5, 5.41) is 12.4. The van der Waals surface area contributed by atoms with E-state index in [4.69, 9.17) is 9.52 Å². The van der Waals surface area contributed by atoms with Crippen LogP contribution in [-0.4, -0.2) is 23.0 Å². The fourth-order valence-corrected chi connectivity index (χ4v) is 2.76. The summed E-state index contributed by atoms with van der Waals surface area (Å²) in [6.07, 6.45) is 0. The molecule has 6 heteroatoms. The first-order valence-electron chi connectivity index (χ1n) is 6.53. The van der Waals surface area contributed by atoms with Gasteiger partial charge in [0.2, 0.25) is 0 Å². The molecule has 1 aromatic carbocycles. The van der Waals surface area contributed by atoms with Gasteiger partial charge in [-0.15, -0.1) is 0 Å². The number of furan rings is 1. The number of fused-ring (bicyclic) bond motifs is 1. The third kappa shape index (κ3) is 3.26. The molecule has 0 radical (unpaired) electrons. The number of carboxylic acid groups (broad SMARTS) is 1. The Labute approximate surface area is 130 Å². The van der Waals surface area contributed by atoms with Gasteiger partial charge in [-0.1, -0.05) is 13.8 Å². The lowest BCUT2D eigenvalue weighted by atomic mass is 10.0. The van der Waals surface area contributed by atoms with Crippen LogP contribution < -0.4 is 5.32 Å². The molecule has 5 nitrogen and oxygen atoms in total. The maximum Gasteiger partial charge on any atom is 0.326 e. The van der Waals surface area contributed by atoms with E-state index in [9.17, 15) is 9.59 Å². The highest BCUT2D eigenvalue weighted by molar-refractivity contribution is 9.10. The van der Waals surface area contributed by atoms with Crippen LogP contribution in [0.4, 0.5) is 0 Å². The number of nitrogens with one attached hydrogen (secondary N) is 1. The molecule has 2 rings (SSSR count). The third-order valence-electron chi connectivity index (χ3n) is 3.16. The zero-order valence-corrected chi connectivity index (χ0v) is 13.5. The first-order chi connectivity index (χ1) is 9.79. The van der Waals surface area contributed by atoms with E-state index in [1.165, 1.54) is 0 Å². The summed E-state index contributed by atoms with van der Waals surface area (Å²) >= 11 is 3.39. The molecule has 0 bridgehead atoms. The maximum atomic E-state index is 12.1. The normalized spacial score (nSPS) is 12.6. The minimum atomic E-state index is -1.06. The van der Waals surface area contributed by atoms with Gasteiger partial charge < -0.3 is 14.8 Å². The average molecular weight is 354 g/mol. The molecule has 0 aliphatic carbocycles. The van der Waals surface area contributed by atoms with E-state index >= 15 is 0 Å². The molecule has 1 heterocycles. The second-order valence-electron chi connectivity index (χ2n) is 5.31. The predicted molar refractivity (Wildman–Crippen MR) is 82.4 cm³/mol. The Bertz CT molecular complexity index is 705. The van der Waals surface area contributed by atoms with Crippen molar-refractivity contribution < 1.29 is 19.1 Å². The van der Waals surface area contributed by atoms with Crippen molar-refractivity contribution in [3.8, 4) is 0 Å². The zero-order chi connectivity index (χ0) is 15.7. The molecule has 0 spiro atoms. The van der Waals surface area contributed by atoms with Gasteiger partial charge in [0.15, 0.2) is 5.76 Å². The van der Waals surface area contributed by atoms with Crippen LogP contribution in [0.5, 0.6) is 0 Å². The Hall–Kier alpha value is -1.82. The van der Waals surface area contributed by atoms with Crippen LogP contribution in [0.25, 0.3) is 11.0 Å². The van der Waals surface area contributed by atoms with E-state index in [0.29, 0.717) is 5.58 Å². The molecular formula is C15H16BrNO4. The third-order valence-corrected chi connectivity index (χ3v) is 3.75. The monoisotopic (exact) mass is 353 g/mol. The number of amides is 1. The van der Waals surface area contributed by atoms with Gasteiger partial charge in [-0.05, 0) is 52.5 Å². The number of carbonyl (C=O) groups is 2. The minimum Gasteiger partial charge on any atom is -0.480 e. The summed E-state index contributed by atoms with van der Waals surface area (Å²) in [5.41, 5.74) is 1.61. The number of carbonyl (C=O) groups excluding carboxylic acids is 1. The lowest BCUT2D eigenvalue weighted by molar-refractivity contribution is -0.140. The average Bonchev–Trinajstić information content (AvgIpc) is 2.78. The molecule has 0 unspecified atom stereocenters. The lowest BCUT2D eigenvalue weighted by Crippen LogP contribution is -2.44. The van der Waals surface area contributed by atoms with Crippen LogP contribution >= 0.6 is 15.9 Å². The Morgan fingerprint density at radius 1 is 1.29 bits per heavy atom. The highest BCUT2D eigenvalue weighted by Gasteiger charge is 2.25. The topological polar surface area (TPSA) is 79.5 Å². The van der Waals surface area contributed by atoms with Gasteiger partial charge in [0, 0.05) is 5.39 Å². The van der Waals surface area contributed by atoms with Gasteiger partial charge in [-0.3, -0.25) is 4.79 Å². The summed E-state index contributed by atoms with van der Waals surface area (Å²) < 4.78 is 6.28. The van der Waals surface area contributed by atoms with Crippen molar-refractivity contribution in [3.05, 3.63) is 34.0 Å². The zero-order valence-electron chi connectivity index (χ0n) is 11.9.